The molecule has 5 unspecified atom stereocenters. The Morgan fingerprint density at radius 2 is 2.12 bits per heavy atom. The van der Waals surface area contributed by atoms with Crippen molar-refractivity contribution in [3.63, 3.8) is 0 Å². The zero-order chi connectivity index (χ0) is 11.2. The summed E-state index contributed by atoms with van der Waals surface area (Å²) >= 11 is 6.32. The van der Waals surface area contributed by atoms with E-state index >= 15 is 0 Å². The van der Waals surface area contributed by atoms with E-state index in [-0.39, 0.29) is 0 Å². The first kappa shape index (κ1) is 11.3. The summed E-state index contributed by atoms with van der Waals surface area (Å²) in [6.45, 7) is 2.20. The Bertz CT molecular complexity index is 267. The second-order valence-electron chi connectivity index (χ2n) is 6.43. The largest absolute Gasteiger partial charge is 0.375 e. The molecule has 2 bridgehead atoms. The van der Waals surface area contributed by atoms with Crippen molar-refractivity contribution in [1.29, 1.82) is 0 Å². The Morgan fingerprint density at radius 1 is 1.25 bits per heavy atom. The van der Waals surface area contributed by atoms with Gasteiger partial charge in [0.15, 0.2) is 0 Å². The molecule has 0 aromatic rings. The van der Waals surface area contributed by atoms with Crippen LogP contribution in [-0.2, 0) is 4.74 Å². The number of rotatable bonds is 3. The van der Waals surface area contributed by atoms with Gasteiger partial charge in [-0.1, -0.05) is 6.42 Å². The average Bonchev–Trinajstić information content (AvgIpc) is 2.94. The summed E-state index contributed by atoms with van der Waals surface area (Å²) in [5.41, 5.74) is 0.444. The molecule has 5 atom stereocenters. The highest BCUT2D eigenvalue weighted by Crippen LogP contribution is 2.59. The van der Waals surface area contributed by atoms with Crippen LogP contribution in [0.2, 0.25) is 0 Å². The van der Waals surface area contributed by atoms with Crippen LogP contribution in [0.25, 0.3) is 0 Å². The predicted molar refractivity (Wildman–Crippen MR) is 66.8 cm³/mol. The lowest BCUT2D eigenvalue weighted by Gasteiger charge is -2.38. The number of fused-ring (bicyclic) bond motifs is 2. The molecule has 1 saturated heterocycles. The highest BCUT2D eigenvalue weighted by Gasteiger charge is 2.51. The first-order valence-electron chi connectivity index (χ1n) is 6.93. The van der Waals surface area contributed by atoms with E-state index in [4.69, 9.17) is 16.3 Å². The Balaban J connectivity index is 1.67. The molecule has 2 heteroatoms. The molecule has 3 aliphatic rings. The van der Waals surface area contributed by atoms with Gasteiger partial charge in [-0.2, -0.15) is 0 Å². The minimum absolute atomic E-state index is 0.444. The van der Waals surface area contributed by atoms with E-state index < -0.39 is 0 Å². The molecule has 0 aromatic heterocycles. The van der Waals surface area contributed by atoms with Gasteiger partial charge in [0.05, 0.1) is 12.2 Å². The minimum Gasteiger partial charge on any atom is -0.375 e. The van der Waals surface area contributed by atoms with Crippen molar-refractivity contribution >= 4 is 11.6 Å². The van der Waals surface area contributed by atoms with E-state index in [0.717, 1.165) is 17.7 Å². The standard InChI is InChI=1S/C14H23ClO/c1-10-2-5-13(16-10)8-14(9-15)7-11-3-4-12(14)6-11/h10-13H,2-9H2,1H3. The first-order chi connectivity index (χ1) is 7.72. The number of ether oxygens (including phenoxy) is 1. The maximum atomic E-state index is 6.32. The topological polar surface area (TPSA) is 9.23 Å². The summed E-state index contributed by atoms with van der Waals surface area (Å²) in [5.74, 6) is 2.76. The molecule has 1 heterocycles. The molecule has 0 N–H and O–H groups in total. The van der Waals surface area contributed by atoms with Crippen LogP contribution < -0.4 is 0 Å². The van der Waals surface area contributed by atoms with Gasteiger partial charge in [0.25, 0.3) is 0 Å². The van der Waals surface area contributed by atoms with Crippen molar-refractivity contribution in [2.45, 2.75) is 64.1 Å². The van der Waals surface area contributed by atoms with Crippen LogP contribution in [0.4, 0.5) is 0 Å². The highest BCUT2D eigenvalue weighted by molar-refractivity contribution is 6.18. The second-order valence-corrected chi connectivity index (χ2v) is 6.69. The van der Waals surface area contributed by atoms with Crippen molar-refractivity contribution < 1.29 is 4.74 Å². The van der Waals surface area contributed by atoms with Crippen LogP contribution in [0, 0.1) is 17.3 Å². The number of alkyl halides is 1. The molecule has 0 spiro atoms. The van der Waals surface area contributed by atoms with Crippen molar-refractivity contribution in [3.05, 3.63) is 0 Å². The summed E-state index contributed by atoms with van der Waals surface area (Å²) in [4.78, 5) is 0. The summed E-state index contributed by atoms with van der Waals surface area (Å²) in [6.07, 6.45) is 10.5. The number of halogens is 1. The van der Waals surface area contributed by atoms with Crippen LogP contribution in [0.1, 0.15) is 51.9 Å². The third-order valence-corrected chi connectivity index (χ3v) is 5.85. The molecule has 1 aliphatic heterocycles. The molecule has 2 aliphatic carbocycles. The molecule has 92 valence electrons. The Morgan fingerprint density at radius 3 is 2.62 bits per heavy atom. The van der Waals surface area contributed by atoms with E-state index in [1.54, 1.807) is 0 Å². The summed E-state index contributed by atoms with van der Waals surface area (Å²) in [5, 5.41) is 0. The lowest BCUT2D eigenvalue weighted by Crippen LogP contribution is -2.34. The number of hydrogen-bond acceptors (Lipinski definition) is 1. The average molecular weight is 243 g/mol. The molecule has 3 rings (SSSR count). The summed E-state index contributed by atoms with van der Waals surface area (Å²) < 4.78 is 6.00. The maximum absolute atomic E-state index is 6.32. The monoisotopic (exact) mass is 242 g/mol. The third kappa shape index (κ3) is 1.80. The second kappa shape index (κ2) is 4.17. The molecule has 2 saturated carbocycles. The van der Waals surface area contributed by atoms with Gasteiger partial charge in [0.2, 0.25) is 0 Å². The van der Waals surface area contributed by atoms with Gasteiger partial charge in [-0.25, -0.2) is 0 Å². The van der Waals surface area contributed by atoms with E-state index in [9.17, 15) is 0 Å². The normalized spacial score (nSPS) is 51.4. The Kier molecular flexibility index (Phi) is 2.96. The fourth-order valence-electron chi connectivity index (χ4n) is 4.52. The lowest BCUT2D eigenvalue weighted by atomic mass is 9.71. The SMILES string of the molecule is CC1CCC(CC2(CCl)CC3CCC2C3)O1. The van der Waals surface area contributed by atoms with E-state index in [0.29, 0.717) is 17.6 Å². The van der Waals surface area contributed by atoms with Crippen LogP contribution in [-0.4, -0.2) is 18.1 Å². The summed E-state index contributed by atoms with van der Waals surface area (Å²) in [7, 11) is 0. The fourth-order valence-corrected chi connectivity index (χ4v) is 4.95. The molecule has 16 heavy (non-hydrogen) atoms. The maximum Gasteiger partial charge on any atom is 0.0585 e. The molecule has 0 amide bonds. The molecular formula is C14H23ClO. The fraction of sp³-hybridized carbons (Fsp3) is 1.00. The smallest absolute Gasteiger partial charge is 0.0585 e. The van der Waals surface area contributed by atoms with Gasteiger partial charge in [-0.05, 0) is 62.7 Å². The number of hydrogen-bond donors (Lipinski definition) is 0. The van der Waals surface area contributed by atoms with Crippen LogP contribution in [0.3, 0.4) is 0 Å². The van der Waals surface area contributed by atoms with E-state index in [1.165, 1.54) is 44.9 Å². The van der Waals surface area contributed by atoms with Crippen molar-refractivity contribution in [1.82, 2.24) is 0 Å². The first-order valence-corrected chi connectivity index (χ1v) is 7.47. The lowest BCUT2D eigenvalue weighted by molar-refractivity contribution is 0.0119. The Labute approximate surface area is 104 Å². The summed E-state index contributed by atoms with van der Waals surface area (Å²) in [6, 6.07) is 0. The van der Waals surface area contributed by atoms with Gasteiger partial charge in [-0.3, -0.25) is 0 Å². The van der Waals surface area contributed by atoms with E-state index in [2.05, 4.69) is 6.92 Å². The predicted octanol–water partition coefficient (Wildman–Crippen LogP) is 3.99. The van der Waals surface area contributed by atoms with Crippen molar-refractivity contribution in [2.75, 3.05) is 5.88 Å². The van der Waals surface area contributed by atoms with E-state index in [1.807, 2.05) is 0 Å². The molecule has 0 aromatic carbocycles. The highest BCUT2D eigenvalue weighted by atomic mass is 35.5. The molecule has 1 nitrogen and oxygen atoms in total. The Hall–Kier alpha value is 0.250. The van der Waals surface area contributed by atoms with Crippen molar-refractivity contribution in [3.8, 4) is 0 Å². The van der Waals surface area contributed by atoms with Gasteiger partial charge >= 0.3 is 0 Å². The van der Waals surface area contributed by atoms with Crippen LogP contribution in [0.15, 0.2) is 0 Å². The zero-order valence-corrected chi connectivity index (χ0v) is 11.0. The third-order valence-electron chi connectivity index (χ3n) is 5.32. The molecule has 3 fully saturated rings. The van der Waals surface area contributed by atoms with Crippen molar-refractivity contribution in [2.24, 2.45) is 17.3 Å². The molecule has 0 radical (unpaired) electrons. The molecular weight excluding hydrogens is 220 g/mol. The van der Waals surface area contributed by atoms with Crippen LogP contribution >= 0.6 is 11.6 Å². The van der Waals surface area contributed by atoms with Gasteiger partial charge < -0.3 is 4.74 Å². The zero-order valence-electron chi connectivity index (χ0n) is 10.3. The minimum atomic E-state index is 0.444. The van der Waals surface area contributed by atoms with Gasteiger partial charge in [0.1, 0.15) is 0 Å². The van der Waals surface area contributed by atoms with Crippen LogP contribution in [0.5, 0.6) is 0 Å². The quantitative estimate of drug-likeness (QED) is 0.680. The van der Waals surface area contributed by atoms with Gasteiger partial charge in [-0.15, -0.1) is 11.6 Å². The van der Waals surface area contributed by atoms with Gasteiger partial charge in [0, 0.05) is 5.88 Å².